The van der Waals surface area contributed by atoms with E-state index < -0.39 is 17.7 Å². The summed E-state index contributed by atoms with van der Waals surface area (Å²) in [5, 5.41) is 23.1. The minimum Gasteiger partial charge on any atom is -0.475 e. The number of hydrogen-bond acceptors (Lipinski definition) is 6. The fraction of sp³-hybridized carbons (Fsp3) is 0.300. The predicted molar refractivity (Wildman–Crippen MR) is 160 cm³/mol. The number of carbonyl (C=O) groups is 4. The third-order valence-corrected chi connectivity index (χ3v) is 6.84. The van der Waals surface area contributed by atoms with Gasteiger partial charge in [0, 0.05) is 23.4 Å². The minimum atomic E-state index is -5.08. The smallest absolute Gasteiger partial charge is 0.475 e. The number of benzene rings is 2. The van der Waals surface area contributed by atoms with E-state index in [-0.39, 0.29) is 30.4 Å². The van der Waals surface area contributed by atoms with E-state index in [2.05, 4.69) is 32.7 Å². The molecule has 0 radical (unpaired) electrons. The van der Waals surface area contributed by atoms with Crippen molar-refractivity contribution in [3.63, 3.8) is 0 Å². The van der Waals surface area contributed by atoms with Crippen molar-refractivity contribution >= 4 is 35.3 Å². The number of anilines is 2. The van der Waals surface area contributed by atoms with Gasteiger partial charge in [-0.2, -0.15) is 18.3 Å². The van der Waals surface area contributed by atoms with E-state index in [1.807, 2.05) is 63.2 Å². The quantitative estimate of drug-likeness (QED) is 0.230. The Bertz CT molecular complexity index is 1540. The number of H-pyrrole nitrogens is 1. The Morgan fingerprint density at radius 3 is 2.22 bits per heavy atom. The van der Waals surface area contributed by atoms with E-state index in [1.54, 1.807) is 29.2 Å². The van der Waals surface area contributed by atoms with Crippen LogP contribution in [0.5, 0.6) is 0 Å². The van der Waals surface area contributed by atoms with Gasteiger partial charge >= 0.3 is 18.2 Å². The van der Waals surface area contributed by atoms with Gasteiger partial charge in [-0.25, -0.2) is 9.59 Å². The molecule has 3 aromatic rings. The molecule has 0 saturated carbocycles. The summed E-state index contributed by atoms with van der Waals surface area (Å²) in [7, 11) is 3.94. The average molecular weight is 630 g/mol. The number of amides is 4. The molecule has 0 bridgehead atoms. The molecule has 4 rings (SSSR count). The molecule has 1 aliphatic rings. The van der Waals surface area contributed by atoms with E-state index >= 15 is 0 Å². The number of nitrogens with zero attached hydrogens (tertiary/aromatic N) is 3. The highest BCUT2D eigenvalue weighted by atomic mass is 19.4. The second-order valence-electron chi connectivity index (χ2n) is 10.8. The first-order valence-electron chi connectivity index (χ1n) is 13.5. The SMILES string of the molecule is C=CC(=O)Nc1ccc(C(=O)Nc2n[nH]c3c2CN(C(=O)NC(CN(C)C)c2ccccc2)C3(C)C)cc1.O=C(O)C(F)(F)F. The number of aromatic nitrogens is 2. The van der Waals surface area contributed by atoms with Crippen molar-refractivity contribution in [2.24, 2.45) is 0 Å². The Morgan fingerprint density at radius 2 is 1.69 bits per heavy atom. The van der Waals surface area contributed by atoms with Crippen LogP contribution < -0.4 is 16.0 Å². The zero-order chi connectivity index (χ0) is 33.5. The molecular formula is C30H34F3N7O5. The molecule has 45 heavy (non-hydrogen) atoms. The van der Waals surface area contributed by atoms with Crippen molar-refractivity contribution < 1.29 is 37.5 Å². The van der Waals surface area contributed by atoms with E-state index in [9.17, 15) is 27.6 Å². The zero-order valence-corrected chi connectivity index (χ0v) is 25.0. The molecule has 1 atom stereocenters. The summed E-state index contributed by atoms with van der Waals surface area (Å²) >= 11 is 0. The fourth-order valence-electron chi connectivity index (χ4n) is 4.53. The summed E-state index contributed by atoms with van der Waals surface area (Å²) in [6.07, 6.45) is -3.91. The molecule has 2 heterocycles. The van der Waals surface area contributed by atoms with E-state index in [0.29, 0.717) is 23.6 Å². The number of carboxylic acids is 1. The average Bonchev–Trinajstić information content (AvgIpc) is 3.50. The third kappa shape index (κ3) is 8.69. The van der Waals surface area contributed by atoms with Gasteiger partial charge in [-0.1, -0.05) is 36.9 Å². The van der Waals surface area contributed by atoms with Crippen LogP contribution in [-0.2, 0) is 21.7 Å². The molecule has 0 aliphatic carbocycles. The van der Waals surface area contributed by atoms with Crippen LogP contribution in [0.25, 0.3) is 0 Å². The van der Waals surface area contributed by atoms with Crippen molar-refractivity contribution in [2.75, 3.05) is 31.3 Å². The van der Waals surface area contributed by atoms with E-state index in [4.69, 9.17) is 9.90 Å². The third-order valence-electron chi connectivity index (χ3n) is 6.84. The first kappa shape index (κ1) is 34.3. The highest BCUT2D eigenvalue weighted by Crippen LogP contribution is 2.40. The molecule has 0 spiro atoms. The highest BCUT2D eigenvalue weighted by molar-refractivity contribution is 6.05. The lowest BCUT2D eigenvalue weighted by atomic mass is 10.0. The van der Waals surface area contributed by atoms with Crippen molar-refractivity contribution in [3.8, 4) is 0 Å². The summed E-state index contributed by atoms with van der Waals surface area (Å²) in [5.41, 5.74) is 2.85. The fourth-order valence-corrected chi connectivity index (χ4v) is 4.53. The summed E-state index contributed by atoms with van der Waals surface area (Å²) < 4.78 is 31.7. The first-order valence-corrected chi connectivity index (χ1v) is 13.5. The van der Waals surface area contributed by atoms with Gasteiger partial charge in [0.15, 0.2) is 5.82 Å². The van der Waals surface area contributed by atoms with E-state index in [1.165, 1.54) is 6.08 Å². The van der Waals surface area contributed by atoms with Crippen LogP contribution >= 0.6 is 0 Å². The number of hydrogen-bond donors (Lipinski definition) is 5. The summed E-state index contributed by atoms with van der Waals surface area (Å²) in [5.74, 6) is -3.06. The van der Waals surface area contributed by atoms with Crippen molar-refractivity contribution in [1.29, 1.82) is 0 Å². The first-order chi connectivity index (χ1) is 21.0. The van der Waals surface area contributed by atoms with Gasteiger partial charge in [0.2, 0.25) is 5.91 Å². The number of carboxylic acid groups (broad SMARTS) is 1. The van der Waals surface area contributed by atoms with Crippen LogP contribution in [0.1, 0.15) is 47.1 Å². The Hall–Kier alpha value is -5.18. The maximum Gasteiger partial charge on any atom is 0.490 e. The van der Waals surface area contributed by atoms with Crippen LogP contribution in [0.2, 0.25) is 0 Å². The van der Waals surface area contributed by atoms with Gasteiger partial charge in [-0.15, -0.1) is 0 Å². The lowest BCUT2D eigenvalue weighted by molar-refractivity contribution is -0.192. The second kappa shape index (κ2) is 14.1. The van der Waals surface area contributed by atoms with Gasteiger partial charge in [-0.3, -0.25) is 14.7 Å². The number of likely N-dealkylation sites (N-methyl/N-ethyl adjacent to an activating group) is 1. The molecule has 1 unspecified atom stereocenters. The number of halogens is 3. The molecule has 1 aliphatic heterocycles. The van der Waals surface area contributed by atoms with Gasteiger partial charge in [0.1, 0.15) is 0 Å². The Morgan fingerprint density at radius 1 is 1.09 bits per heavy atom. The lowest BCUT2D eigenvalue weighted by Gasteiger charge is -2.34. The number of aromatic amines is 1. The highest BCUT2D eigenvalue weighted by Gasteiger charge is 2.44. The summed E-state index contributed by atoms with van der Waals surface area (Å²) in [6.45, 7) is 8.25. The Labute approximate surface area is 257 Å². The molecule has 5 N–H and O–H groups in total. The lowest BCUT2D eigenvalue weighted by Crippen LogP contribution is -2.48. The molecule has 0 saturated heterocycles. The zero-order valence-electron chi connectivity index (χ0n) is 25.0. The topological polar surface area (TPSA) is 160 Å². The summed E-state index contributed by atoms with van der Waals surface area (Å²) in [6, 6.07) is 16.0. The van der Waals surface area contributed by atoms with Crippen molar-refractivity contribution in [2.45, 2.75) is 38.1 Å². The minimum absolute atomic E-state index is 0.190. The van der Waals surface area contributed by atoms with Crippen LogP contribution in [0.15, 0.2) is 67.3 Å². The molecule has 0 fully saturated rings. The number of urea groups is 1. The van der Waals surface area contributed by atoms with Crippen LogP contribution in [0, 0.1) is 0 Å². The number of fused-ring (bicyclic) bond motifs is 1. The Balaban J connectivity index is 0.000000707. The van der Waals surface area contributed by atoms with Crippen LogP contribution in [0.4, 0.5) is 29.5 Å². The number of aliphatic carboxylic acids is 1. The number of alkyl halides is 3. The molecule has 15 heteroatoms. The molecule has 4 amide bonds. The molecule has 1 aromatic heterocycles. The largest absolute Gasteiger partial charge is 0.490 e. The van der Waals surface area contributed by atoms with Crippen LogP contribution in [-0.4, -0.2) is 75.7 Å². The van der Waals surface area contributed by atoms with Crippen molar-refractivity contribution in [1.82, 2.24) is 25.3 Å². The Kier molecular flexibility index (Phi) is 10.7. The standard InChI is InChI=1S/C28H33N7O3.C2HF3O2/c1-6-23(36)29-20-14-12-19(13-15-20)26(37)31-25-21-16-35(28(2,3)24(21)32-33-25)27(38)30-22(17-34(4)5)18-10-8-7-9-11-18;3-2(4,5)1(6)7/h6-15,22H,1,16-17H2,2-5H3,(H,29,36)(H,30,38)(H2,31,32,33,37);(H,6,7). The number of rotatable bonds is 8. The van der Waals surface area contributed by atoms with Gasteiger partial charge < -0.3 is 30.9 Å². The van der Waals surface area contributed by atoms with E-state index in [0.717, 1.165) is 16.8 Å². The van der Waals surface area contributed by atoms with Gasteiger partial charge in [0.05, 0.1) is 23.8 Å². The molecule has 240 valence electrons. The number of carbonyl (C=O) groups excluding carboxylic acids is 3. The van der Waals surface area contributed by atoms with Gasteiger partial charge in [-0.05, 0) is 63.8 Å². The molecule has 12 nitrogen and oxygen atoms in total. The van der Waals surface area contributed by atoms with Gasteiger partial charge in [0.25, 0.3) is 5.91 Å². The normalized spacial score (nSPS) is 14.0. The predicted octanol–water partition coefficient (Wildman–Crippen LogP) is 4.48. The second-order valence-corrected chi connectivity index (χ2v) is 10.8. The van der Waals surface area contributed by atoms with Crippen LogP contribution in [0.3, 0.4) is 0 Å². The number of nitrogens with one attached hydrogen (secondary N) is 4. The maximum atomic E-state index is 13.5. The molecule has 2 aromatic carbocycles. The molecular weight excluding hydrogens is 595 g/mol. The van der Waals surface area contributed by atoms with Crippen molar-refractivity contribution in [3.05, 3.63) is 89.6 Å². The summed E-state index contributed by atoms with van der Waals surface area (Å²) in [4.78, 5) is 50.6. The maximum absolute atomic E-state index is 13.5. The monoisotopic (exact) mass is 629 g/mol.